The minimum atomic E-state index is -0.298. The van der Waals surface area contributed by atoms with Gasteiger partial charge in [0.1, 0.15) is 5.75 Å². The SMILES string of the molecule is C=CCN1CCC2(c3cccc(OC(C)=O)c3)CC(N(C)C(=O)CCCCCc3ccccc3)CCC2C1. The van der Waals surface area contributed by atoms with E-state index in [4.69, 9.17) is 4.74 Å². The van der Waals surface area contributed by atoms with Crippen molar-refractivity contribution < 1.29 is 14.3 Å². The van der Waals surface area contributed by atoms with Crippen LogP contribution in [0, 0.1) is 5.92 Å². The van der Waals surface area contributed by atoms with Crippen molar-refractivity contribution in [2.45, 2.75) is 76.2 Å². The monoisotopic (exact) mass is 516 g/mol. The van der Waals surface area contributed by atoms with Crippen LogP contribution in [0.4, 0.5) is 0 Å². The lowest BCUT2D eigenvalue weighted by Crippen LogP contribution is -2.56. The van der Waals surface area contributed by atoms with Gasteiger partial charge in [-0.1, -0.05) is 55.0 Å². The van der Waals surface area contributed by atoms with Gasteiger partial charge in [-0.2, -0.15) is 0 Å². The average molecular weight is 517 g/mol. The molecule has 5 heteroatoms. The Bertz CT molecular complexity index is 1080. The van der Waals surface area contributed by atoms with Gasteiger partial charge >= 0.3 is 5.97 Å². The van der Waals surface area contributed by atoms with Gasteiger partial charge in [0.05, 0.1) is 0 Å². The highest BCUT2D eigenvalue weighted by atomic mass is 16.5. The normalized spacial score (nSPS) is 23.3. The molecule has 1 saturated heterocycles. The molecule has 2 aromatic carbocycles. The number of benzene rings is 2. The standard InChI is InChI=1S/C33H44N2O3/c1-4-21-35-22-20-33(28-15-11-16-31(23-28)38-26(2)36)24-30(19-18-29(33)25-35)34(3)32(37)17-10-6-9-14-27-12-7-5-8-13-27/h4-5,7-8,11-13,15-16,23,29-30H,1,6,9-10,14,17-22,24-25H2,2-3H3. The van der Waals surface area contributed by atoms with E-state index in [0.29, 0.717) is 18.1 Å². The fourth-order valence-electron chi connectivity index (χ4n) is 6.71. The van der Waals surface area contributed by atoms with Gasteiger partial charge in [-0.3, -0.25) is 14.5 Å². The van der Waals surface area contributed by atoms with Gasteiger partial charge in [0.15, 0.2) is 0 Å². The number of nitrogens with zero attached hydrogens (tertiary/aromatic N) is 2. The van der Waals surface area contributed by atoms with Crippen molar-refractivity contribution in [1.82, 2.24) is 9.80 Å². The van der Waals surface area contributed by atoms with Crippen molar-refractivity contribution in [1.29, 1.82) is 0 Å². The minimum absolute atomic E-state index is 0.0268. The van der Waals surface area contributed by atoms with Crippen molar-refractivity contribution >= 4 is 11.9 Å². The Kier molecular flexibility index (Phi) is 9.79. The molecule has 0 bridgehead atoms. The van der Waals surface area contributed by atoms with Crippen molar-refractivity contribution in [2.75, 3.05) is 26.7 Å². The molecular formula is C33H44N2O3. The van der Waals surface area contributed by atoms with E-state index < -0.39 is 0 Å². The highest BCUT2D eigenvalue weighted by Crippen LogP contribution is 2.50. The summed E-state index contributed by atoms with van der Waals surface area (Å²) in [6.45, 7) is 8.34. The molecule has 3 atom stereocenters. The van der Waals surface area contributed by atoms with E-state index in [2.05, 4.69) is 53.9 Å². The number of hydrogen-bond donors (Lipinski definition) is 0. The number of unbranched alkanes of at least 4 members (excludes halogenated alkanes) is 2. The zero-order chi connectivity index (χ0) is 27.0. The van der Waals surface area contributed by atoms with Gasteiger partial charge in [0.2, 0.25) is 5.91 Å². The van der Waals surface area contributed by atoms with Crippen LogP contribution in [0.1, 0.15) is 69.4 Å². The molecule has 3 unspecified atom stereocenters. The van der Waals surface area contributed by atoms with Crippen LogP contribution in [-0.4, -0.2) is 54.4 Å². The summed E-state index contributed by atoms with van der Waals surface area (Å²) in [6.07, 6.45) is 10.9. The predicted octanol–water partition coefficient (Wildman–Crippen LogP) is 6.17. The quantitative estimate of drug-likeness (QED) is 0.155. The van der Waals surface area contributed by atoms with Gasteiger partial charge in [0, 0.05) is 44.9 Å². The molecule has 38 heavy (non-hydrogen) atoms. The van der Waals surface area contributed by atoms with Gasteiger partial charge in [-0.15, -0.1) is 6.58 Å². The van der Waals surface area contributed by atoms with E-state index in [0.717, 1.165) is 71.0 Å². The number of esters is 1. The average Bonchev–Trinajstić information content (AvgIpc) is 2.92. The predicted molar refractivity (Wildman–Crippen MR) is 153 cm³/mol. The van der Waals surface area contributed by atoms with E-state index in [1.54, 1.807) is 0 Å². The summed E-state index contributed by atoms with van der Waals surface area (Å²) < 4.78 is 5.46. The molecule has 1 aliphatic carbocycles. The van der Waals surface area contributed by atoms with Crippen LogP contribution in [0.2, 0.25) is 0 Å². The molecule has 1 heterocycles. The van der Waals surface area contributed by atoms with E-state index in [1.807, 2.05) is 30.2 Å². The molecule has 5 nitrogen and oxygen atoms in total. The zero-order valence-electron chi connectivity index (χ0n) is 23.2. The third kappa shape index (κ3) is 6.93. The summed E-state index contributed by atoms with van der Waals surface area (Å²) in [5.41, 5.74) is 2.59. The summed E-state index contributed by atoms with van der Waals surface area (Å²) in [5.74, 6) is 1.08. The van der Waals surface area contributed by atoms with Crippen LogP contribution in [0.3, 0.4) is 0 Å². The van der Waals surface area contributed by atoms with Crippen LogP contribution in [-0.2, 0) is 21.4 Å². The lowest BCUT2D eigenvalue weighted by atomic mass is 9.57. The number of likely N-dealkylation sites (tertiary alicyclic amines) is 1. The lowest BCUT2D eigenvalue weighted by Gasteiger charge is -2.54. The summed E-state index contributed by atoms with van der Waals surface area (Å²) in [6, 6.07) is 18.9. The molecule has 0 spiro atoms. The summed E-state index contributed by atoms with van der Waals surface area (Å²) in [5, 5.41) is 0. The second kappa shape index (κ2) is 13.2. The molecule has 2 fully saturated rings. The molecular weight excluding hydrogens is 472 g/mol. The molecule has 0 aromatic heterocycles. The molecule has 2 aromatic rings. The lowest BCUT2D eigenvalue weighted by molar-refractivity contribution is -0.134. The van der Waals surface area contributed by atoms with Gasteiger partial charge in [0.25, 0.3) is 0 Å². The number of ether oxygens (including phenoxy) is 1. The Labute approximate surface area is 228 Å². The van der Waals surface area contributed by atoms with Crippen molar-refractivity contribution in [2.24, 2.45) is 5.92 Å². The van der Waals surface area contributed by atoms with Crippen molar-refractivity contribution in [3.05, 3.63) is 78.4 Å². The third-order valence-electron chi connectivity index (χ3n) is 8.78. The van der Waals surface area contributed by atoms with Crippen LogP contribution in [0.15, 0.2) is 67.3 Å². The molecule has 4 rings (SSSR count). The van der Waals surface area contributed by atoms with E-state index >= 15 is 0 Å². The van der Waals surface area contributed by atoms with Crippen molar-refractivity contribution in [3.63, 3.8) is 0 Å². The fourth-order valence-corrected chi connectivity index (χ4v) is 6.71. The maximum absolute atomic E-state index is 13.2. The minimum Gasteiger partial charge on any atom is -0.427 e. The van der Waals surface area contributed by atoms with E-state index in [9.17, 15) is 9.59 Å². The second-order valence-electron chi connectivity index (χ2n) is 11.3. The number of hydrogen-bond acceptors (Lipinski definition) is 4. The molecule has 1 amide bonds. The first-order chi connectivity index (χ1) is 18.4. The van der Waals surface area contributed by atoms with Crippen LogP contribution in [0.5, 0.6) is 5.75 Å². The Morgan fingerprint density at radius 2 is 1.92 bits per heavy atom. The molecule has 1 saturated carbocycles. The third-order valence-corrected chi connectivity index (χ3v) is 8.78. The number of fused-ring (bicyclic) bond motifs is 1. The van der Waals surface area contributed by atoms with E-state index in [-0.39, 0.29) is 23.3 Å². The number of piperidine rings is 1. The van der Waals surface area contributed by atoms with Gasteiger partial charge in [-0.25, -0.2) is 0 Å². The maximum Gasteiger partial charge on any atom is 0.308 e. The first kappa shape index (κ1) is 28.1. The summed E-state index contributed by atoms with van der Waals surface area (Å²) in [7, 11) is 2.01. The molecule has 1 aliphatic heterocycles. The summed E-state index contributed by atoms with van der Waals surface area (Å²) in [4.78, 5) is 29.4. The van der Waals surface area contributed by atoms with Crippen molar-refractivity contribution in [3.8, 4) is 5.75 Å². The number of rotatable bonds is 11. The number of amides is 1. The Balaban J connectivity index is 1.41. The Hall–Kier alpha value is -2.92. The van der Waals surface area contributed by atoms with Gasteiger partial charge < -0.3 is 9.64 Å². The zero-order valence-corrected chi connectivity index (χ0v) is 23.2. The molecule has 0 radical (unpaired) electrons. The first-order valence-electron chi connectivity index (χ1n) is 14.3. The molecule has 204 valence electrons. The Morgan fingerprint density at radius 3 is 2.68 bits per heavy atom. The highest BCUT2D eigenvalue weighted by Gasteiger charge is 2.49. The highest BCUT2D eigenvalue weighted by molar-refractivity contribution is 5.76. The fraction of sp³-hybridized carbons (Fsp3) is 0.515. The van der Waals surface area contributed by atoms with Crippen LogP contribution < -0.4 is 4.74 Å². The smallest absolute Gasteiger partial charge is 0.308 e. The number of carbonyl (C=O) groups excluding carboxylic acids is 2. The van der Waals surface area contributed by atoms with Crippen LogP contribution in [0.25, 0.3) is 0 Å². The topological polar surface area (TPSA) is 49.9 Å². The second-order valence-corrected chi connectivity index (χ2v) is 11.3. The first-order valence-corrected chi connectivity index (χ1v) is 14.3. The molecule has 0 N–H and O–H groups in total. The Morgan fingerprint density at radius 1 is 1.11 bits per heavy atom. The number of aryl methyl sites for hydroxylation is 1. The summed E-state index contributed by atoms with van der Waals surface area (Å²) >= 11 is 0. The van der Waals surface area contributed by atoms with Gasteiger partial charge in [-0.05, 0) is 80.7 Å². The largest absolute Gasteiger partial charge is 0.427 e. The molecule has 2 aliphatic rings. The van der Waals surface area contributed by atoms with Crippen LogP contribution >= 0.6 is 0 Å². The maximum atomic E-state index is 13.2. The number of carbonyl (C=O) groups is 2. The van der Waals surface area contributed by atoms with E-state index in [1.165, 1.54) is 18.1 Å².